The normalized spacial score (nSPS) is 27.4. The van der Waals surface area contributed by atoms with Gasteiger partial charge in [-0.15, -0.1) is 0 Å². The minimum atomic E-state index is -0.447. The van der Waals surface area contributed by atoms with Crippen LogP contribution in [0, 0.1) is 0 Å². The van der Waals surface area contributed by atoms with E-state index in [4.69, 9.17) is 4.74 Å². The van der Waals surface area contributed by atoms with Crippen molar-refractivity contribution in [2.24, 2.45) is 0 Å². The first-order valence-electron chi connectivity index (χ1n) is 2.85. The molecule has 1 unspecified atom stereocenters. The number of ether oxygens (including phenoxy) is 1. The maximum Gasteiger partial charge on any atom is 0.226 e. The molecule has 1 saturated carbocycles. The molecule has 0 aromatic carbocycles. The van der Waals surface area contributed by atoms with E-state index in [1.54, 1.807) is 0 Å². The fourth-order valence-corrected chi connectivity index (χ4v) is 0.921. The minimum absolute atomic E-state index is 0.290. The Bertz CT molecular complexity index is 150. The smallest absolute Gasteiger partial charge is 0.226 e. The monoisotopic (exact) mass is 128 g/mol. The number of carbonyl (C=O) groups is 2. The Hall–Kier alpha value is -0.700. The van der Waals surface area contributed by atoms with E-state index in [0.717, 1.165) is 0 Å². The van der Waals surface area contributed by atoms with Crippen molar-refractivity contribution in [3.63, 3.8) is 0 Å². The van der Waals surface area contributed by atoms with Gasteiger partial charge in [0.1, 0.15) is 6.10 Å². The molecule has 0 N–H and O–H groups in total. The van der Waals surface area contributed by atoms with Gasteiger partial charge in [-0.3, -0.25) is 9.59 Å². The predicted molar refractivity (Wildman–Crippen MR) is 30.0 cm³/mol. The maximum absolute atomic E-state index is 10.7. The van der Waals surface area contributed by atoms with Gasteiger partial charge in [0.25, 0.3) is 0 Å². The molecular weight excluding hydrogens is 120 g/mol. The maximum atomic E-state index is 10.7. The van der Waals surface area contributed by atoms with Crippen molar-refractivity contribution in [1.82, 2.24) is 0 Å². The van der Waals surface area contributed by atoms with Gasteiger partial charge >= 0.3 is 0 Å². The van der Waals surface area contributed by atoms with Crippen LogP contribution in [0.3, 0.4) is 0 Å². The Morgan fingerprint density at radius 1 is 1.56 bits per heavy atom. The first-order valence-corrected chi connectivity index (χ1v) is 2.85. The fraction of sp³-hybridized carbons (Fsp3) is 0.667. The molecule has 3 heteroatoms. The molecule has 0 saturated heterocycles. The van der Waals surface area contributed by atoms with Gasteiger partial charge in [0.15, 0.2) is 0 Å². The Labute approximate surface area is 53.0 Å². The van der Waals surface area contributed by atoms with Crippen LogP contribution in [0.5, 0.6) is 0 Å². The van der Waals surface area contributed by atoms with E-state index in [2.05, 4.69) is 0 Å². The second-order valence-electron chi connectivity index (χ2n) is 2.05. The predicted octanol–water partition coefficient (Wildman–Crippen LogP) is -0.0666. The summed E-state index contributed by atoms with van der Waals surface area (Å²) in [6.45, 7) is 0. The van der Waals surface area contributed by atoms with Crippen LogP contribution < -0.4 is 0 Å². The average molecular weight is 128 g/mol. The number of methoxy groups -OCH3 is 1. The number of hydrogen-bond acceptors (Lipinski definition) is 3. The summed E-state index contributed by atoms with van der Waals surface area (Å²) in [6, 6.07) is 0. The lowest BCUT2D eigenvalue weighted by atomic mass is 10.3. The third kappa shape index (κ3) is 1.00. The Kier molecular flexibility index (Phi) is 1.62. The lowest BCUT2D eigenvalue weighted by Gasteiger charge is -2.00. The van der Waals surface area contributed by atoms with Gasteiger partial charge < -0.3 is 4.74 Å². The second-order valence-corrected chi connectivity index (χ2v) is 2.05. The summed E-state index contributed by atoms with van der Waals surface area (Å²) in [6.07, 6.45) is 0.475. The van der Waals surface area contributed by atoms with Crippen LogP contribution in [0.25, 0.3) is 0 Å². The van der Waals surface area contributed by atoms with Gasteiger partial charge in [-0.2, -0.15) is 0 Å². The van der Waals surface area contributed by atoms with Crippen LogP contribution in [0.4, 0.5) is 0 Å². The molecule has 0 amide bonds. The van der Waals surface area contributed by atoms with E-state index in [0.29, 0.717) is 12.8 Å². The molecule has 0 aliphatic heterocycles. The number of hydrogen-bond donors (Lipinski definition) is 0. The van der Waals surface area contributed by atoms with Crippen molar-refractivity contribution in [3.8, 4) is 0 Å². The van der Waals surface area contributed by atoms with Gasteiger partial charge in [-0.1, -0.05) is 0 Å². The third-order valence-corrected chi connectivity index (χ3v) is 1.49. The van der Waals surface area contributed by atoms with Gasteiger partial charge in [0, 0.05) is 13.5 Å². The van der Waals surface area contributed by atoms with E-state index < -0.39 is 6.10 Å². The van der Waals surface area contributed by atoms with E-state index >= 15 is 0 Å². The first-order chi connectivity index (χ1) is 4.25. The highest BCUT2D eigenvalue weighted by atomic mass is 16.5. The third-order valence-electron chi connectivity index (χ3n) is 1.49. The number of rotatable bonds is 1. The molecule has 1 aliphatic carbocycles. The Morgan fingerprint density at radius 3 is 2.44 bits per heavy atom. The molecule has 0 heterocycles. The van der Waals surface area contributed by atoms with Gasteiger partial charge in [-0.05, 0) is 6.42 Å². The van der Waals surface area contributed by atoms with Crippen molar-refractivity contribution in [2.75, 3.05) is 7.11 Å². The van der Waals surface area contributed by atoms with Crippen molar-refractivity contribution in [2.45, 2.75) is 18.9 Å². The standard InChI is InChI=1S/C6H8O3/c1-9-5-3-2-4(7)6(5)8/h5H,2-3H2,1H3. The number of Topliss-reactive ketones (excluding diaryl/α,β-unsaturated/α-hetero) is 2. The summed E-state index contributed by atoms with van der Waals surface area (Å²) in [5.74, 6) is -0.653. The molecule has 3 nitrogen and oxygen atoms in total. The highest BCUT2D eigenvalue weighted by Crippen LogP contribution is 2.13. The molecule has 1 rings (SSSR count). The van der Waals surface area contributed by atoms with E-state index in [-0.39, 0.29) is 11.6 Å². The molecule has 0 aromatic heterocycles. The second kappa shape index (κ2) is 2.27. The fourth-order valence-electron chi connectivity index (χ4n) is 0.921. The van der Waals surface area contributed by atoms with Crippen LogP contribution in [0.1, 0.15) is 12.8 Å². The molecule has 50 valence electrons. The Balaban J connectivity index is 2.62. The van der Waals surface area contributed by atoms with E-state index in [1.807, 2.05) is 0 Å². The summed E-state index contributed by atoms with van der Waals surface area (Å²) in [4.78, 5) is 21.2. The van der Waals surface area contributed by atoms with Gasteiger partial charge in [0.2, 0.25) is 11.6 Å². The molecule has 1 aliphatic rings. The summed E-state index contributed by atoms with van der Waals surface area (Å²) < 4.78 is 4.72. The van der Waals surface area contributed by atoms with Crippen LogP contribution in [-0.2, 0) is 14.3 Å². The van der Waals surface area contributed by atoms with Crippen molar-refractivity contribution in [3.05, 3.63) is 0 Å². The van der Waals surface area contributed by atoms with Crippen LogP contribution >= 0.6 is 0 Å². The van der Waals surface area contributed by atoms with Crippen LogP contribution in [0.2, 0.25) is 0 Å². The van der Waals surface area contributed by atoms with Crippen LogP contribution in [0.15, 0.2) is 0 Å². The highest BCUT2D eigenvalue weighted by molar-refractivity contribution is 6.40. The Morgan fingerprint density at radius 2 is 2.22 bits per heavy atom. The summed E-state index contributed by atoms with van der Waals surface area (Å²) in [5, 5.41) is 0. The summed E-state index contributed by atoms with van der Waals surface area (Å²) in [5.41, 5.74) is 0. The van der Waals surface area contributed by atoms with Crippen molar-refractivity contribution in [1.29, 1.82) is 0 Å². The molecule has 0 bridgehead atoms. The first kappa shape index (κ1) is 6.42. The van der Waals surface area contributed by atoms with Gasteiger partial charge in [0.05, 0.1) is 0 Å². The quantitative estimate of drug-likeness (QED) is 0.464. The minimum Gasteiger partial charge on any atom is -0.373 e. The molecule has 0 aromatic rings. The van der Waals surface area contributed by atoms with E-state index in [9.17, 15) is 9.59 Å². The SMILES string of the molecule is COC1CCC(=O)C1=O. The number of carbonyl (C=O) groups excluding carboxylic acids is 2. The van der Waals surface area contributed by atoms with Gasteiger partial charge in [-0.25, -0.2) is 0 Å². The van der Waals surface area contributed by atoms with E-state index in [1.165, 1.54) is 7.11 Å². The molecule has 0 radical (unpaired) electrons. The molecular formula is C6H8O3. The van der Waals surface area contributed by atoms with Crippen molar-refractivity contribution >= 4 is 11.6 Å². The topological polar surface area (TPSA) is 43.4 Å². The zero-order chi connectivity index (χ0) is 6.85. The summed E-state index contributed by atoms with van der Waals surface area (Å²) in [7, 11) is 1.45. The average Bonchev–Trinajstić information content (AvgIpc) is 2.15. The van der Waals surface area contributed by atoms with Crippen molar-refractivity contribution < 1.29 is 14.3 Å². The molecule has 1 fully saturated rings. The lowest BCUT2D eigenvalue weighted by Crippen LogP contribution is -2.19. The molecule has 0 spiro atoms. The zero-order valence-corrected chi connectivity index (χ0v) is 5.22. The zero-order valence-electron chi connectivity index (χ0n) is 5.22. The highest BCUT2D eigenvalue weighted by Gasteiger charge is 2.31. The van der Waals surface area contributed by atoms with Crippen LogP contribution in [-0.4, -0.2) is 24.8 Å². The molecule has 9 heavy (non-hydrogen) atoms. The summed E-state index contributed by atoms with van der Waals surface area (Å²) >= 11 is 0. The largest absolute Gasteiger partial charge is 0.373 e. The number of ketones is 2. The molecule has 1 atom stereocenters. The lowest BCUT2D eigenvalue weighted by molar-refractivity contribution is -0.138.